The lowest BCUT2D eigenvalue weighted by atomic mass is 9.80. The van der Waals surface area contributed by atoms with Crippen LogP contribution in [0.1, 0.15) is 11.1 Å². The predicted octanol–water partition coefficient (Wildman–Crippen LogP) is 2.50. The van der Waals surface area contributed by atoms with Crippen molar-refractivity contribution in [2.75, 3.05) is 26.1 Å². The van der Waals surface area contributed by atoms with E-state index in [1.165, 1.54) is 27.6 Å². The van der Waals surface area contributed by atoms with Gasteiger partial charge in [-0.05, 0) is 48.7 Å². The molecule has 0 radical (unpaired) electrons. The van der Waals surface area contributed by atoms with E-state index in [0.29, 0.717) is 12.6 Å². The van der Waals surface area contributed by atoms with Gasteiger partial charge in [-0.25, -0.2) is 0 Å². The summed E-state index contributed by atoms with van der Waals surface area (Å²) in [5.41, 5.74) is 10.5. The molecule has 23 heavy (non-hydrogen) atoms. The van der Waals surface area contributed by atoms with Crippen LogP contribution in [0.4, 0.5) is 0 Å². The van der Waals surface area contributed by atoms with E-state index < -0.39 is 0 Å². The number of primary amides is 1. The van der Waals surface area contributed by atoms with Gasteiger partial charge in [-0.1, -0.05) is 18.2 Å². The number of carbonyl (C=O) groups is 1. The number of hydrogen-bond donors (Lipinski definition) is 2. The lowest BCUT2D eigenvalue weighted by molar-refractivity contribution is -0.121. The zero-order chi connectivity index (χ0) is 16.6. The van der Waals surface area contributed by atoms with Gasteiger partial charge in [-0.15, -0.1) is 0 Å². The maximum absolute atomic E-state index is 11.6. The van der Waals surface area contributed by atoms with Gasteiger partial charge in [0.05, 0.1) is 5.92 Å². The number of H-pyrrole nitrogens is 1. The second-order valence-electron chi connectivity index (χ2n) is 6.24. The number of benzene rings is 1. The molecule has 0 saturated heterocycles. The Labute approximate surface area is 141 Å². The largest absolute Gasteiger partial charge is 0.369 e. The Hall–Kier alpha value is -1.72. The summed E-state index contributed by atoms with van der Waals surface area (Å²) in [4.78, 5) is 17.1. The Morgan fingerprint density at radius 1 is 1.39 bits per heavy atom. The molecule has 122 valence electrons. The van der Waals surface area contributed by atoms with E-state index in [4.69, 9.17) is 5.73 Å². The zero-order valence-corrected chi connectivity index (χ0v) is 14.6. The summed E-state index contributed by atoms with van der Waals surface area (Å²) < 4.78 is 0. The van der Waals surface area contributed by atoms with Crippen molar-refractivity contribution in [3.05, 3.63) is 41.6 Å². The molecule has 1 aromatic heterocycles. The Balaban J connectivity index is 0.000000485. The molecule has 3 N–H and O–H groups in total. The smallest absolute Gasteiger partial charge is 0.225 e. The molecular weight excluding hydrogens is 306 g/mol. The molecule has 4 nitrogen and oxygen atoms in total. The van der Waals surface area contributed by atoms with Crippen LogP contribution in [0.5, 0.6) is 0 Å². The number of nitrogens with two attached hydrogens (primary N) is 1. The summed E-state index contributed by atoms with van der Waals surface area (Å²) >= 11 is 1.75. The number of nitrogens with zero attached hydrogens (tertiary/aromatic N) is 1. The summed E-state index contributed by atoms with van der Waals surface area (Å²) in [6.07, 6.45) is 9.27. The van der Waals surface area contributed by atoms with Gasteiger partial charge >= 0.3 is 0 Å². The second kappa shape index (κ2) is 6.42. The van der Waals surface area contributed by atoms with Crippen LogP contribution in [0.15, 0.2) is 30.5 Å². The number of hydrogen-bond acceptors (Lipinski definition) is 3. The van der Waals surface area contributed by atoms with Crippen molar-refractivity contribution in [3.8, 4) is 0 Å². The van der Waals surface area contributed by atoms with Gasteiger partial charge in [0.1, 0.15) is 0 Å². The van der Waals surface area contributed by atoms with Crippen LogP contribution in [0.25, 0.3) is 16.5 Å². The number of fused-ring (bicyclic) bond motifs is 2. The highest BCUT2D eigenvalue weighted by molar-refractivity contribution is 7.97. The molecule has 2 heterocycles. The number of amides is 1. The number of nitrogens with one attached hydrogen (secondary N) is 1. The summed E-state index contributed by atoms with van der Waals surface area (Å²) in [6.45, 7) is 0.708. The molecule has 0 fully saturated rings. The molecule has 5 heteroatoms. The summed E-state index contributed by atoms with van der Waals surface area (Å²) in [5.74, 6) is -0.433. The predicted molar refractivity (Wildman–Crippen MR) is 98.5 cm³/mol. The van der Waals surface area contributed by atoms with Crippen molar-refractivity contribution < 1.29 is 4.79 Å². The molecule has 0 saturated carbocycles. The first kappa shape index (κ1) is 16.1. The van der Waals surface area contributed by atoms with E-state index in [1.54, 1.807) is 11.8 Å². The normalized spacial score (nSPS) is 22.8. The van der Waals surface area contributed by atoms with Crippen molar-refractivity contribution in [2.24, 2.45) is 11.7 Å². The molecule has 1 amide bonds. The van der Waals surface area contributed by atoms with E-state index in [2.05, 4.69) is 47.4 Å². The Morgan fingerprint density at radius 2 is 2.13 bits per heavy atom. The Bertz CT molecular complexity index is 765. The maximum Gasteiger partial charge on any atom is 0.225 e. The van der Waals surface area contributed by atoms with Crippen molar-refractivity contribution in [3.63, 3.8) is 0 Å². The number of aromatic nitrogens is 1. The molecule has 1 aromatic carbocycles. The van der Waals surface area contributed by atoms with Crippen LogP contribution in [-0.2, 0) is 11.2 Å². The summed E-state index contributed by atoms with van der Waals surface area (Å²) in [5, 5.41) is 1.30. The first-order chi connectivity index (χ1) is 11.1. The number of aromatic amines is 1. The monoisotopic (exact) mass is 329 g/mol. The molecule has 0 spiro atoms. The Morgan fingerprint density at radius 3 is 2.83 bits per heavy atom. The highest BCUT2D eigenvalue weighted by atomic mass is 32.2. The van der Waals surface area contributed by atoms with Crippen LogP contribution in [0.2, 0.25) is 0 Å². The molecular formula is C18H23N3OS. The van der Waals surface area contributed by atoms with Crippen molar-refractivity contribution >= 4 is 34.1 Å². The summed E-state index contributed by atoms with van der Waals surface area (Å²) in [7, 11) is 2.07. The van der Waals surface area contributed by atoms with E-state index in [-0.39, 0.29) is 11.8 Å². The van der Waals surface area contributed by atoms with Gasteiger partial charge in [-0.3, -0.25) is 9.69 Å². The van der Waals surface area contributed by atoms with Gasteiger partial charge in [0, 0.05) is 29.7 Å². The van der Waals surface area contributed by atoms with Gasteiger partial charge in [0.25, 0.3) is 0 Å². The standard InChI is InChI=1S/C16H17N3O.C2H6S/c1-19-8-10(16(17)20)5-12-11-3-2-4-13-15(11)9(7-18-13)6-14(12)19;1-3-2/h2-5,7,10,14,18H,6,8H2,1H3,(H2,17,20);1-2H3/t10-,14-;/m1./s1. The maximum atomic E-state index is 11.6. The van der Waals surface area contributed by atoms with Crippen LogP contribution in [0.3, 0.4) is 0 Å². The highest BCUT2D eigenvalue weighted by Crippen LogP contribution is 2.40. The third kappa shape index (κ3) is 2.79. The fourth-order valence-electron chi connectivity index (χ4n) is 3.63. The number of likely N-dealkylation sites (N-methyl/N-ethyl adjacent to an activating group) is 1. The van der Waals surface area contributed by atoms with Crippen molar-refractivity contribution in [1.29, 1.82) is 0 Å². The van der Waals surface area contributed by atoms with Crippen LogP contribution >= 0.6 is 11.8 Å². The third-order valence-electron chi connectivity index (χ3n) is 4.63. The van der Waals surface area contributed by atoms with Crippen LogP contribution < -0.4 is 5.73 Å². The summed E-state index contributed by atoms with van der Waals surface area (Å²) in [6, 6.07) is 6.66. The van der Waals surface area contributed by atoms with Gasteiger partial charge in [0.2, 0.25) is 5.91 Å². The van der Waals surface area contributed by atoms with Crippen molar-refractivity contribution in [2.45, 2.75) is 12.5 Å². The minimum absolute atomic E-state index is 0.193. The van der Waals surface area contributed by atoms with E-state index in [9.17, 15) is 4.79 Å². The fourth-order valence-corrected chi connectivity index (χ4v) is 3.63. The topological polar surface area (TPSA) is 62.1 Å². The number of carbonyl (C=O) groups excluding carboxylic acids is 1. The second-order valence-corrected chi connectivity index (χ2v) is 7.06. The van der Waals surface area contributed by atoms with E-state index in [0.717, 1.165) is 6.42 Å². The zero-order valence-electron chi connectivity index (χ0n) is 13.8. The lowest BCUT2D eigenvalue weighted by Crippen LogP contribution is -2.45. The molecule has 4 rings (SSSR count). The van der Waals surface area contributed by atoms with Gasteiger partial charge in [0.15, 0.2) is 0 Å². The number of rotatable bonds is 1. The van der Waals surface area contributed by atoms with Crippen LogP contribution in [-0.4, -0.2) is 47.9 Å². The van der Waals surface area contributed by atoms with Crippen molar-refractivity contribution in [1.82, 2.24) is 9.88 Å². The minimum Gasteiger partial charge on any atom is -0.369 e. The molecule has 2 aliphatic rings. The first-order valence-corrected chi connectivity index (χ1v) is 9.40. The van der Waals surface area contributed by atoms with Gasteiger partial charge in [-0.2, -0.15) is 11.8 Å². The SMILES string of the molecule is CN1C[C@H](C(N)=O)C=C2c3cccc4[nH]cc(c34)C[C@H]21.CSC. The average Bonchev–Trinajstić information content (AvgIpc) is 2.93. The number of thioether (sulfide) groups is 1. The van der Waals surface area contributed by atoms with Crippen LogP contribution in [0, 0.1) is 5.92 Å². The molecule has 1 aliphatic heterocycles. The van der Waals surface area contributed by atoms with E-state index in [1.807, 2.05) is 12.5 Å². The Kier molecular flexibility index (Phi) is 4.50. The molecule has 2 aromatic rings. The molecule has 0 unspecified atom stereocenters. The molecule has 1 aliphatic carbocycles. The molecule has 0 bridgehead atoms. The minimum atomic E-state index is -0.241. The quantitative estimate of drug-likeness (QED) is 0.845. The third-order valence-corrected chi connectivity index (χ3v) is 4.63. The van der Waals surface area contributed by atoms with E-state index >= 15 is 0 Å². The molecule has 2 atom stereocenters. The average molecular weight is 329 g/mol. The van der Waals surface area contributed by atoms with Gasteiger partial charge < -0.3 is 10.7 Å². The lowest BCUT2D eigenvalue weighted by Gasteiger charge is -2.39. The fraction of sp³-hybridized carbons (Fsp3) is 0.389. The highest BCUT2D eigenvalue weighted by Gasteiger charge is 2.34. The first-order valence-electron chi connectivity index (χ1n) is 7.77.